The summed E-state index contributed by atoms with van der Waals surface area (Å²) in [6.45, 7) is 5.45. The summed E-state index contributed by atoms with van der Waals surface area (Å²) in [5, 5.41) is 2.57. The normalized spacial score (nSPS) is 12.1. The van der Waals surface area contributed by atoms with Crippen molar-refractivity contribution >= 4 is 20.9 Å². The quantitative estimate of drug-likeness (QED) is 0.302. The Labute approximate surface area is 134 Å². The molecule has 0 aromatic heterocycles. The van der Waals surface area contributed by atoms with Crippen LogP contribution in [0.25, 0.3) is 0 Å². The first-order valence-corrected chi connectivity index (χ1v) is 9.29. The highest BCUT2D eigenvalue weighted by Gasteiger charge is 2.36. The number of carbonyl (C=O) groups is 2. The summed E-state index contributed by atoms with van der Waals surface area (Å²) in [6.07, 6.45) is 1.77. The average molecular weight is 335 g/mol. The number of carbonyl (C=O) groups excluding carboxylic acids is 2. The standard InChI is InChI=1S/C14H29NO6Si/c1-14(2,3)15-13(17)21-12(16)10-8-7-9-11-22(18-4,19-5)20-6/h7-11H2,1-6H3,(H,15,17). The van der Waals surface area contributed by atoms with Gasteiger partial charge >= 0.3 is 20.9 Å². The molecule has 0 aliphatic rings. The summed E-state index contributed by atoms with van der Waals surface area (Å²) in [7, 11) is 2.19. The number of amides is 1. The van der Waals surface area contributed by atoms with E-state index >= 15 is 0 Å². The summed E-state index contributed by atoms with van der Waals surface area (Å²) < 4.78 is 20.6. The molecular formula is C14H29NO6Si. The first kappa shape index (κ1) is 21.0. The Kier molecular flexibility index (Phi) is 9.50. The minimum atomic E-state index is -2.53. The van der Waals surface area contributed by atoms with Gasteiger partial charge in [0, 0.05) is 39.3 Å². The van der Waals surface area contributed by atoms with Gasteiger partial charge < -0.3 is 23.3 Å². The third-order valence-electron chi connectivity index (χ3n) is 2.98. The largest absolute Gasteiger partial charge is 0.500 e. The van der Waals surface area contributed by atoms with Crippen LogP contribution in [0.15, 0.2) is 0 Å². The van der Waals surface area contributed by atoms with Crippen LogP contribution >= 0.6 is 0 Å². The number of rotatable bonds is 9. The van der Waals surface area contributed by atoms with Gasteiger partial charge in [-0.15, -0.1) is 0 Å². The number of ether oxygens (including phenoxy) is 1. The van der Waals surface area contributed by atoms with Crippen molar-refractivity contribution in [2.75, 3.05) is 21.3 Å². The summed E-state index contributed by atoms with van der Waals surface area (Å²) in [6, 6.07) is 0.691. The molecule has 1 N–H and O–H groups in total. The van der Waals surface area contributed by atoms with Crippen molar-refractivity contribution in [2.45, 2.75) is 58.0 Å². The molecule has 0 heterocycles. The van der Waals surface area contributed by atoms with Gasteiger partial charge in [-0.05, 0) is 33.6 Å². The molecule has 0 radical (unpaired) electrons. The molecular weight excluding hydrogens is 306 g/mol. The topological polar surface area (TPSA) is 83.1 Å². The zero-order valence-electron chi connectivity index (χ0n) is 14.5. The predicted octanol–water partition coefficient (Wildman–Crippen LogP) is 2.48. The van der Waals surface area contributed by atoms with E-state index in [2.05, 4.69) is 10.1 Å². The van der Waals surface area contributed by atoms with E-state index in [4.69, 9.17) is 13.3 Å². The van der Waals surface area contributed by atoms with Gasteiger partial charge in [-0.2, -0.15) is 0 Å². The lowest BCUT2D eigenvalue weighted by Crippen LogP contribution is -2.42. The van der Waals surface area contributed by atoms with Crippen molar-refractivity contribution in [3.05, 3.63) is 0 Å². The maximum atomic E-state index is 11.5. The van der Waals surface area contributed by atoms with Crippen LogP contribution in [0.2, 0.25) is 6.04 Å². The van der Waals surface area contributed by atoms with Crippen molar-refractivity contribution in [1.29, 1.82) is 0 Å². The van der Waals surface area contributed by atoms with Crippen LogP contribution in [-0.4, -0.2) is 47.7 Å². The predicted molar refractivity (Wildman–Crippen MR) is 84.4 cm³/mol. The van der Waals surface area contributed by atoms with E-state index in [1.807, 2.05) is 20.8 Å². The van der Waals surface area contributed by atoms with Gasteiger partial charge in [0.15, 0.2) is 0 Å². The second-order valence-electron chi connectivity index (χ2n) is 5.99. The Morgan fingerprint density at radius 2 is 1.50 bits per heavy atom. The second kappa shape index (κ2) is 9.93. The van der Waals surface area contributed by atoms with Crippen LogP contribution in [0, 0.1) is 0 Å². The Bertz CT molecular complexity index is 343. The lowest BCUT2D eigenvalue weighted by Gasteiger charge is -2.24. The molecule has 8 heteroatoms. The zero-order chi connectivity index (χ0) is 17.2. The smallest absolute Gasteiger partial charge is 0.377 e. The van der Waals surface area contributed by atoms with Gasteiger partial charge in [0.2, 0.25) is 0 Å². The molecule has 22 heavy (non-hydrogen) atoms. The number of hydrogen-bond donors (Lipinski definition) is 1. The minimum Gasteiger partial charge on any atom is -0.377 e. The molecule has 0 bridgehead atoms. The van der Waals surface area contributed by atoms with E-state index in [0.29, 0.717) is 12.5 Å². The highest BCUT2D eigenvalue weighted by molar-refractivity contribution is 6.60. The molecule has 0 aliphatic carbocycles. The molecule has 0 aromatic rings. The van der Waals surface area contributed by atoms with E-state index in [1.165, 1.54) is 0 Å². The van der Waals surface area contributed by atoms with Gasteiger partial charge in [0.25, 0.3) is 0 Å². The summed E-state index contributed by atoms with van der Waals surface area (Å²) in [5.41, 5.74) is -0.425. The van der Waals surface area contributed by atoms with E-state index in [0.717, 1.165) is 12.8 Å². The zero-order valence-corrected chi connectivity index (χ0v) is 15.5. The van der Waals surface area contributed by atoms with Crippen LogP contribution in [0.3, 0.4) is 0 Å². The fourth-order valence-corrected chi connectivity index (χ4v) is 3.63. The van der Waals surface area contributed by atoms with Crippen LogP contribution in [0.1, 0.15) is 46.5 Å². The van der Waals surface area contributed by atoms with E-state index in [9.17, 15) is 9.59 Å². The number of esters is 1. The van der Waals surface area contributed by atoms with Crippen LogP contribution in [0.5, 0.6) is 0 Å². The molecule has 130 valence electrons. The van der Waals surface area contributed by atoms with Gasteiger partial charge in [-0.1, -0.05) is 6.42 Å². The Balaban J connectivity index is 3.88. The number of nitrogens with one attached hydrogen (secondary N) is 1. The Morgan fingerprint density at radius 1 is 0.955 bits per heavy atom. The van der Waals surface area contributed by atoms with Crippen molar-refractivity contribution in [2.24, 2.45) is 0 Å². The molecule has 0 fully saturated rings. The summed E-state index contributed by atoms with van der Waals surface area (Å²) in [4.78, 5) is 22.9. The summed E-state index contributed by atoms with van der Waals surface area (Å²) in [5.74, 6) is -0.518. The number of unbranched alkanes of at least 4 members (excludes halogenated alkanes) is 2. The first-order valence-electron chi connectivity index (χ1n) is 7.36. The van der Waals surface area contributed by atoms with Gasteiger partial charge in [0.05, 0.1) is 0 Å². The third kappa shape index (κ3) is 9.14. The van der Waals surface area contributed by atoms with E-state index in [1.54, 1.807) is 21.3 Å². The van der Waals surface area contributed by atoms with Crippen LogP contribution in [0.4, 0.5) is 4.79 Å². The average Bonchev–Trinajstić information content (AvgIpc) is 2.41. The van der Waals surface area contributed by atoms with Crippen molar-refractivity contribution in [1.82, 2.24) is 5.32 Å². The van der Waals surface area contributed by atoms with Crippen molar-refractivity contribution in [3.8, 4) is 0 Å². The molecule has 0 spiro atoms. The van der Waals surface area contributed by atoms with Gasteiger partial charge in [-0.3, -0.25) is 4.79 Å². The maximum Gasteiger partial charge on any atom is 0.500 e. The number of alkyl carbamates (subject to hydrolysis) is 1. The molecule has 1 amide bonds. The monoisotopic (exact) mass is 335 g/mol. The van der Waals surface area contributed by atoms with Gasteiger partial charge in [-0.25, -0.2) is 4.79 Å². The fourth-order valence-electron chi connectivity index (χ4n) is 1.83. The number of hydrogen-bond acceptors (Lipinski definition) is 6. The van der Waals surface area contributed by atoms with E-state index < -0.39 is 26.4 Å². The SMILES string of the molecule is CO[Si](CCCCCC(=O)OC(=O)NC(C)(C)C)(OC)OC. The first-order chi connectivity index (χ1) is 10.2. The molecule has 0 unspecified atom stereocenters. The minimum absolute atomic E-state index is 0.207. The molecule has 0 atom stereocenters. The van der Waals surface area contributed by atoms with Crippen LogP contribution in [-0.2, 0) is 22.8 Å². The Hall–Kier alpha value is -0.963. The molecule has 0 rings (SSSR count). The second-order valence-corrected chi connectivity index (χ2v) is 9.08. The summed E-state index contributed by atoms with van der Waals surface area (Å²) >= 11 is 0. The Morgan fingerprint density at radius 3 is 1.95 bits per heavy atom. The lowest BCUT2D eigenvalue weighted by molar-refractivity contribution is -0.137. The van der Waals surface area contributed by atoms with Crippen molar-refractivity contribution in [3.63, 3.8) is 0 Å². The lowest BCUT2D eigenvalue weighted by atomic mass is 10.1. The van der Waals surface area contributed by atoms with Crippen molar-refractivity contribution < 1.29 is 27.6 Å². The molecule has 0 aromatic carbocycles. The molecule has 0 aliphatic heterocycles. The highest BCUT2D eigenvalue weighted by Crippen LogP contribution is 2.17. The van der Waals surface area contributed by atoms with E-state index in [-0.39, 0.29) is 6.42 Å². The molecule has 0 saturated carbocycles. The maximum absolute atomic E-state index is 11.5. The third-order valence-corrected chi connectivity index (χ3v) is 5.81. The fraction of sp³-hybridized carbons (Fsp3) is 0.857. The highest BCUT2D eigenvalue weighted by atomic mass is 28.4. The molecule has 7 nitrogen and oxygen atoms in total. The van der Waals surface area contributed by atoms with Crippen LogP contribution < -0.4 is 5.32 Å². The van der Waals surface area contributed by atoms with Gasteiger partial charge in [0.1, 0.15) is 0 Å². The molecule has 0 saturated heterocycles.